The van der Waals surface area contributed by atoms with Crippen molar-refractivity contribution in [3.63, 3.8) is 0 Å². The van der Waals surface area contributed by atoms with Gasteiger partial charge in [-0.3, -0.25) is 4.90 Å². The largest absolute Gasteiger partial charge is 0.490 e. The molecule has 1 aliphatic rings. The number of hydrogen-bond acceptors (Lipinski definition) is 5. The summed E-state index contributed by atoms with van der Waals surface area (Å²) in [6.07, 6.45) is 3.80. The molecule has 1 aromatic heterocycles. The number of hydrogen-bond donors (Lipinski definition) is 0. The van der Waals surface area contributed by atoms with E-state index in [-0.39, 0.29) is 6.04 Å². The van der Waals surface area contributed by atoms with E-state index in [0.717, 1.165) is 50.6 Å². The summed E-state index contributed by atoms with van der Waals surface area (Å²) in [5.41, 5.74) is 0. The molecule has 1 saturated heterocycles. The summed E-state index contributed by atoms with van der Waals surface area (Å²) < 4.78 is 5.65. The molecule has 1 fully saturated rings. The van der Waals surface area contributed by atoms with Gasteiger partial charge in [-0.05, 0) is 25.5 Å². The Bertz CT molecular complexity index is 477. The second-order valence-electron chi connectivity index (χ2n) is 5.21. The summed E-state index contributed by atoms with van der Waals surface area (Å²) in [5, 5.41) is 9.27. The first kappa shape index (κ1) is 15.6. The van der Waals surface area contributed by atoms with Crippen molar-refractivity contribution < 1.29 is 4.74 Å². The predicted molar refractivity (Wildman–Crippen MR) is 83.5 cm³/mol. The average Bonchev–Trinajstić information content (AvgIpc) is 2.54. The van der Waals surface area contributed by atoms with Gasteiger partial charge in [0.25, 0.3) is 0 Å². The SMILES string of the molecule is CCCC(C#N)N1CCN(c2ncccc2OCC)CC1. The molecule has 5 heteroatoms. The number of pyridine rings is 1. The molecule has 21 heavy (non-hydrogen) atoms. The van der Waals surface area contributed by atoms with E-state index >= 15 is 0 Å². The van der Waals surface area contributed by atoms with Crippen molar-refractivity contribution in [2.45, 2.75) is 32.7 Å². The van der Waals surface area contributed by atoms with Crippen molar-refractivity contribution >= 4 is 5.82 Å². The molecule has 0 N–H and O–H groups in total. The standard InChI is InChI=1S/C16H24N4O/c1-3-6-14(13-17)19-9-11-20(12-10-19)16-15(21-4-2)7-5-8-18-16/h5,7-8,14H,3-4,6,9-12H2,1-2H3. The van der Waals surface area contributed by atoms with Crippen LogP contribution in [0.5, 0.6) is 5.75 Å². The number of nitriles is 1. The second-order valence-corrected chi connectivity index (χ2v) is 5.21. The predicted octanol–water partition coefficient (Wildman–Crippen LogP) is 2.29. The zero-order chi connectivity index (χ0) is 15.1. The molecule has 2 heterocycles. The Kier molecular flexibility index (Phi) is 5.82. The van der Waals surface area contributed by atoms with Crippen LogP contribution in [0.15, 0.2) is 18.3 Å². The smallest absolute Gasteiger partial charge is 0.171 e. The fourth-order valence-electron chi connectivity index (χ4n) is 2.74. The lowest BCUT2D eigenvalue weighted by atomic mass is 10.1. The highest BCUT2D eigenvalue weighted by molar-refractivity contribution is 5.52. The Morgan fingerprint density at radius 1 is 1.33 bits per heavy atom. The van der Waals surface area contributed by atoms with E-state index in [0.29, 0.717) is 6.61 Å². The molecular weight excluding hydrogens is 264 g/mol. The first-order chi connectivity index (χ1) is 10.3. The zero-order valence-corrected chi connectivity index (χ0v) is 13.0. The Morgan fingerprint density at radius 2 is 2.10 bits per heavy atom. The Labute approximate surface area is 127 Å². The number of piperazine rings is 1. The molecular formula is C16H24N4O. The van der Waals surface area contributed by atoms with Crippen molar-refractivity contribution in [1.82, 2.24) is 9.88 Å². The Morgan fingerprint density at radius 3 is 2.71 bits per heavy atom. The normalized spacial score (nSPS) is 17.3. The molecule has 114 valence electrons. The highest BCUT2D eigenvalue weighted by Crippen LogP contribution is 2.26. The van der Waals surface area contributed by atoms with E-state index in [1.165, 1.54) is 0 Å². The van der Waals surface area contributed by atoms with Gasteiger partial charge in [-0.25, -0.2) is 4.98 Å². The van der Waals surface area contributed by atoms with Crippen molar-refractivity contribution in [1.29, 1.82) is 5.26 Å². The third-order valence-corrected chi connectivity index (χ3v) is 3.82. The number of anilines is 1. The van der Waals surface area contributed by atoms with Crippen LogP contribution >= 0.6 is 0 Å². The highest BCUT2D eigenvalue weighted by Gasteiger charge is 2.25. The summed E-state index contributed by atoms with van der Waals surface area (Å²) in [7, 11) is 0. The van der Waals surface area contributed by atoms with Gasteiger partial charge in [-0.1, -0.05) is 13.3 Å². The molecule has 1 aromatic rings. The molecule has 2 rings (SSSR count). The maximum absolute atomic E-state index is 9.27. The van der Waals surface area contributed by atoms with Crippen LogP contribution in [-0.4, -0.2) is 48.7 Å². The van der Waals surface area contributed by atoms with E-state index < -0.39 is 0 Å². The molecule has 0 aliphatic carbocycles. The fourth-order valence-corrected chi connectivity index (χ4v) is 2.74. The van der Waals surface area contributed by atoms with Crippen LogP contribution in [-0.2, 0) is 0 Å². The summed E-state index contributed by atoms with van der Waals surface area (Å²) in [5.74, 6) is 1.77. The Hall–Kier alpha value is -1.80. The lowest BCUT2D eigenvalue weighted by Gasteiger charge is -2.37. The van der Waals surface area contributed by atoms with Gasteiger partial charge < -0.3 is 9.64 Å². The number of nitrogens with zero attached hydrogens (tertiary/aromatic N) is 4. The summed E-state index contributed by atoms with van der Waals surface area (Å²) >= 11 is 0. The molecule has 5 nitrogen and oxygen atoms in total. The minimum Gasteiger partial charge on any atom is -0.490 e. The molecule has 0 bridgehead atoms. The van der Waals surface area contributed by atoms with Crippen LogP contribution in [0.4, 0.5) is 5.82 Å². The van der Waals surface area contributed by atoms with Gasteiger partial charge in [0, 0.05) is 32.4 Å². The minimum atomic E-state index is 0.0484. The van der Waals surface area contributed by atoms with E-state index in [1.807, 2.05) is 19.1 Å². The molecule has 0 aromatic carbocycles. The number of ether oxygens (including phenoxy) is 1. The van der Waals surface area contributed by atoms with Gasteiger partial charge in [-0.15, -0.1) is 0 Å². The molecule has 1 atom stereocenters. The maximum atomic E-state index is 9.27. The van der Waals surface area contributed by atoms with Gasteiger partial charge >= 0.3 is 0 Å². The third-order valence-electron chi connectivity index (χ3n) is 3.82. The number of aromatic nitrogens is 1. The van der Waals surface area contributed by atoms with E-state index in [9.17, 15) is 5.26 Å². The van der Waals surface area contributed by atoms with Crippen molar-refractivity contribution in [3.8, 4) is 11.8 Å². The lowest BCUT2D eigenvalue weighted by molar-refractivity contribution is 0.210. The molecule has 0 spiro atoms. The Balaban J connectivity index is 1.99. The van der Waals surface area contributed by atoms with E-state index in [1.54, 1.807) is 6.20 Å². The third kappa shape index (κ3) is 3.85. The summed E-state index contributed by atoms with van der Waals surface area (Å²) in [6, 6.07) is 6.34. The van der Waals surface area contributed by atoms with Crippen LogP contribution < -0.4 is 9.64 Å². The summed E-state index contributed by atoms with van der Waals surface area (Å²) in [6.45, 7) is 8.34. The highest BCUT2D eigenvalue weighted by atomic mass is 16.5. The van der Waals surface area contributed by atoms with Gasteiger partial charge in [0.1, 0.15) is 0 Å². The van der Waals surface area contributed by atoms with Crippen LogP contribution in [0, 0.1) is 11.3 Å². The second kappa shape index (κ2) is 7.84. The van der Waals surface area contributed by atoms with Gasteiger partial charge in [-0.2, -0.15) is 5.26 Å². The van der Waals surface area contributed by atoms with Gasteiger partial charge in [0.05, 0.1) is 18.7 Å². The van der Waals surface area contributed by atoms with Crippen LogP contribution in [0.3, 0.4) is 0 Å². The average molecular weight is 288 g/mol. The quantitative estimate of drug-likeness (QED) is 0.804. The van der Waals surface area contributed by atoms with Gasteiger partial charge in [0.2, 0.25) is 0 Å². The van der Waals surface area contributed by atoms with Crippen LogP contribution in [0.1, 0.15) is 26.7 Å². The fraction of sp³-hybridized carbons (Fsp3) is 0.625. The molecule has 1 aliphatic heterocycles. The van der Waals surface area contributed by atoms with E-state index in [2.05, 4.69) is 27.8 Å². The molecule has 0 amide bonds. The molecule has 0 saturated carbocycles. The number of rotatable bonds is 6. The minimum absolute atomic E-state index is 0.0484. The monoisotopic (exact) mass is 288 g/mol. The van der Waals surface area contributed by atoms with Crippen LogP contribution in [0.2, 0.25) is 0 Å². The topological polar surface area (TPSA) is 52.4 Å². The zero-order valence-electron chi connectivity index (χ0n) is 13.0. The first-order valence-corrected chi connectivity index (χ1v) is 7.76. The molecule has 0 radical (unpaired) electrons. The van der Waals surface area contributed by atoms with Crippen molar-refractivity contribution in [2.75, 3.05) is 37.7 Å². The maximum Gasteiger partial charge on any atom is 0.171 e. The van der Waals surface area contributed by atoms with E-state index in [4.69, 9.17) is 4.74 Å². The van der Waals surface area contributed by atoms with Crippen molar-refractivity contribution in [3.05, 3.63) is 18.3 Å². The van der Waals surface area contributed by atoms with Gasteiger partial charge in [0.15, 0.2) is 11.6 Å². The van der Waals surface area contributed by atoms with Crippen LogP contribution in [0.25, 0.3) is 0 Å². The molecule has 1 unspecified atom stereocenters. The summed E-state index contributed by atoms with van der Waals surface area (Å²) in [4.78, 5) is 9.00. The lowest BCUT2D eigenvalue weighted by Crippen LogP contribution is -2.50. The van der Waals surface area contributed by atoms with Crippen molar-refractivity contribution in [2.24, 2.45) is 0 Å². The first-order valence-electron chi connectivity index (χ1n) is 7.76.